The number of rotatable bonds is 13. The summed E-state index contributed by atoms with van der Waals surface area (Å²) in [6.45, 7) is 0.232. The molecule has 214 valence electrons. The third-order valence-corrected chi connectivity index (χ3v) is 8.10. The Bertz CT molecular complexity index is 1400. The number of nitrogens with one attached hydrogen (secondary N) is 1. The molecule has 3 aromatic rings. The molecule has 11 heteroatoms. The monoisotopic (exact) mass is 605 g/mol. The molecule has 0 spiro atoms. The second-order valence-electron chi connectivity index (χ2n) is 9.23. The van der Waals surface area contributed by atoms with Crippen LogP contribution in [0.15, 0.2) is 72.8 Å². The molecule has 40 heavy (non-hydrogen) atoms. The predicted octanol–water partition coefficient (Wildman–Crippen LogP) is 4.93. The first-order chi connectivity index (χ1) is 19.0. The molecule has 0 saturated carbocycles. The van der Waals surface area contributed by atoms with E-state index in [4.69, 9.17) is 27.9 Å². The molecule has 0 radical (unpaired) electrons. The molecule has 0 aliphatic rings. The van der Waals surface area contributed by atoms with E-state index in [-0.39, 0.29) is 42.8 Å². The average Bonchev–Trinajstić information content (AvgIpc) is 2.93. The van der Waals surface area contributed by atoms with Gasteiger partial charge in [0.1, 0.15) is 11.8 Å². The largest absolute Gasteiger partial charge is 0.495 e. The fourth-order valence-corrected chi connectivity index (χ4v) is 5.66. The van der Waals surface area contributed by atoms with E-state index in [1.807, 2.05) is 42.5 Å². The number of carbonyl (C=O) groups excluding carboxylic acids is 2. The molecule has 3 rings (SSSR count). The van der Waals surface area contributed by atoms with E-state index in [1.165, 1.54) is 24.5 Å². The number of carbonyl (C=O) groups is 2. The number of likely N-dealkylation sites (N-methyl/N-ethyl adjacent to an activating group) is 1. The van der Waals surface area contributed by atoms with Gasteiger partial charge in [0.25, 0.3) is 0 Å². The van der Waals surface area contributed by atoms with Crippen LogP contribution in [-0.4, -0.2) is 58.1 Å². The van der Waals surface area contributed by atoms with Crippen molar-refractivity contribution in [3.8, 4) is 5.75 Å². The number of amides is 2. The van der Waals surface area contributed by atoms with Crippen LogP contribution in [0.5, 0.6) is 5.75 Å². The zero-order valence-electron chi connectivity index (χ0n) is 22.6. The summed E-state index contributed by atoms with van der Waals surface area (Å²) < 4.78 is 31.6. The Balaban J connectivity index is 1.84. The van der Waals surface area contributed by atoms with Crippen LogP contribution in [0.25, 0.3) is 0 Å². The van der Waals surface area contributed by atoms with Gasteiger partial charge in [0, 0.05) is 38.0 Å². The van der Waals surface area contributed by atoms with E-state index >= 15 is 0 Å². The summed E-state index contributed by atoms with van der Waals surface area (Å²) in [6.07, 6.45) is 1.66. The Morgan fingerprint density at radius 2 is 1.65 bits per heavy atom. The number of methoxy groups -OCH3 is 1. The minimum atomic E-state index is -3.67. The number of nitrogens with zero attached hydrogens (tertiary/aromatic N) is 2. The first kappa shape index (κ1) is 31.3. The van der Waals surface area contributed by atoms with E-state index < -0.39 is 16.1 Å². The van der Waals surface area contributed by atoms with Crippen molar-refractivity contribution in [2.24, 2.45) is 0 Å². The minimum Gasteiger partial charge on any atom is -0.495 e. The number of hydrogen-bond donors (Lipinski definition) is 1. The molecule has 0 aliphatic carbocycles. The highest BCUT2D eigenvalue weighted by Gasteiger charge is 2.30. The van der Waals surface area contributed by atoms with Crippen LogP contribution in [0.3, 0.4) is 0 Å². The van der Waals surface area contributed by atoms with Crippen molar-refractivity contribution in [1.29, 1.82) is 0 Å². The molecule has 0 saturated heterocycles. The summed E-state index contributed by atoms with van der Waals surface area (Å²) in [5, 5.41) is 3.52. The topological polar surface area (TPSA) is 96.0 Å². The van der Waals surface area contributed by atoms with Gasteiger partial charge in [-0.05, 0) is 47.9 Å². The van der Waals surface area contributed by atoms with E-state index in [0.717, 1.165) is 17.4 Å². The van der Waals surface area contributed by atoms with Gasteiger partial charge in [0.2, 0.25) is 21.8 Å². The molecule has 1 atom stereocenters. The van der Waals surface area contributed by atoms with Crippen LogP contribution in [0.4, 0.5) is 5.69 Å². The SMILES string of the molecule is CNC(=O)C(Cc1ccccc1)N(Cc1ccc(Cl)cc1)C(=O)CCCN(c1ccc(OC)c(Cl)c1)S(C)(=O)=O. The number of ether oxygens (including phenoxy) is 1. The molecule has 1 N–H and O–H groups in total. The van der Waals surface area contributed by atoms with Gasteiger partial charge in [0.05, 0.1) is 24.1 Å². The van der Waals surface area contributed by atoms with Crippen molar-refractivity contribution >= 4 is 50.7 Å². The molecular weight excluding hydrogens is 573 g/mol. The standard InChI is InChI=1S/C29H33Cl2N3O5S/c1-32-29(36)26(18-21-8-5-4-6-9-21)33(20-22-11-13-23(30)14-12-22)28(35)10-7-17-34(40(3,37)38)24-15-16-27(39-2)25(31)19-24/h4-6,8-9,11-16,19,26H,7,10,17-18,20H2,1-3H3,(H,32,36). The average molecular weight is 607 g/mol. The molecule has 3 aromatic carbocycles. The fourth-order valence-electron chi connectivity index (χ4n) is 4.32. The first-order valence-electron chi connectivity index (χ1n) is 12.6. The van der Waals surface area contributed by atoms with Crippen LogP contribution in [-0.2, 0) is 32.6 Å². The molecule has 8 nitrogen and oxygen atoms in total. The highest BCUT2D eigenvalue weighted by atomic mass is 35.5. The molecule has 0 aliphatic heterocycles. The Morgan fingerprint density at radius 3 is 2.23 bits per heavy atom. The van der Waals surface area contributed by atoms with Gasteiger partial charge in [-0.25, -0.2) is 8.42 Å². The molecule has 1 unspecified atom stereocenters. The lowest BCUT2D eigenvalue weighted by atomic mass is 10.0. The Kier molecular flexibility index (Phi) is 11.2. The van der Waals surface area contributed by atoms with Crippen molar-refractivity contribution in [2.75, 3.05) is 31.3 Å². The Hall–Kier alpha value is -3.27. The minimum absolute atomic E-state index is 0.0196. The van der Waals surface area contributed by atoms with Crippen molar-refractivity contribution in [3.63, 3.8) is 0 Å². The zero-order valence-corrected chi connectivity index (χ0v) is 25.0. The number of sulfonamides is 1. The van der Waals surface area contributed by atoms with Crippen LogP contribution in [0, 0.1) is 0 Å². The van der Waals surface area contributed by atoms with Crippen LogP contribution in [0.1, 0.15) is 24.0 Å². The summed E-state index contributed by atoms with van der Waals surface area (Å²) >= 11 is 12.3. The van der Waals surface area contributed by atoms with Crippen molar-refractivity contribution < 1.29 is 22.7 Å². The van der Waals surface area contributed by atoms with Crippen molar-refractivity contribution in [1.82, 2.24) is 10.2 Å². The fraction of sp³-hybridized carbons (Fsp3) is 0.310. The Labute approximate surface area is 245 Å². The molecule has 0 bridgehead atoms. The van der Waals surface area contributed by atoms with E-state index in [9.17, 15) is 18.0 Å². The van der Waals surface area contributed by atoms with Gasteiger partial charge in [-0.15, -0.1) is 0 Å². The van der Waals surface area contributed by atoms with Gasteiger partial charge in [-0.2, -0.15) is 0 Å². The van der Waals surface area contributed by atoms with Crippen LogP contribution in [0.2, 0.25) is 10.0 Å². The van der Waals surface area contributed by atoms with Gasteiger partial charge >= 0.3 is 0 Å². The highest BCUT2D eigenvalue weighted by Crippen LogP contribution is 2.30. The van der Waals surface area contributed by atoms with Gasteiger partial charge in [-0.3, -0.25) is 13.9 Å². The Morgan fingerprint density at radius 1 is 0.975 bits per heavy atom. The lowest BCUT2D eigenvalue weighted by molar-refractivity contribution is -0.141. The van der Waals surface area contributed by atoms with E-state index in [2.05, 4.69) is 5.32 Å². The zero-order chi connectivity index (χ0) is 29.3. The summed E-state index contributed by atoms with van der Waals surface area (Å²) in [5.74, 6) is -0.150. The van der Waals surface area contributed by atoms with Crippen molar-refractivity contribution in [3.05, 3.63) is 94.0 Å². The maximum atomic E-state index is 13.7. The maximum absolute atomic E-state index is 13.7. The summed E-state index contributed by atoms with van der Waals surface area (Å²) in [7, 11) is -0.658. The number of hydrogen-bond acceptors (Lipinski definition) is 5. The summed E-state index contributed by atoms with van der Waals surface area (Å²) in [4.78, 5) is 28.3. The van der Waals surface area contributed by atoms with Gasteiger partial charge in [0.15, 0.2) is 0 Å². The van der Waals surface area contributed by atoms with Gasteiger partial charge in [-0.1, -0.05) is 65.7 Å². The number of anilines is 1. The molecule has 2 amide bonds. The van der Waals surface area contributed by atoms with Crippen molar-refractivity contribution in [2.45, 2.75) is 31.8 Å². The van der Waals surface area contributed by atoms with E-state index in [1.54, 1.807) is 29.2 Å². The van der Waals surface area contributed by atoms with Crippen LogP contribution < -0.4 is 14.4 Å². The molecule has 0 heterocycles. The number of halogens is 2. The van der Waals surface area contributed by atoms with Gasteiger partial charge < -0.3 is 15.0 Å². The quantitative estimate of drug-likeness (QED) is 0.298. The second-order valence-corrected chi connectivity index (χ2v) is 12.0. The van der Waals surface area contributed by atoms with Crippen LogP contribution >= 0.6 is 23.2 Å². The third-order valence-electron chi connectivity index (χ3n) is 6.36. The highest BCUT2D eigenvalue weighted by molar-refractivity contribution is 7.92. The lowest BCUT2D eigenvalue weighted by Crippen LogP contribution is -2.49. The first-order valence-corrected chi connectivity index (χ1v) is 15.2. The molecule has 0 fully saturated rings. The maximum Gasteiger partial charge on any atom is 0.242 e. The molecular formula is C29H33Cl2N3O5S. The summed E-state index contributed by atoms with van der Waals surface area (Å²) in [6, 6.07) is 20.5. The lowest BCUT2D eigenvalue weighted by Gasteiger charge is -2.31. The second kappa shape index (κ2) is 14.4. The summed E-state index contributed by atoms with van der Waals surface area (Å²) in [5.41, 5.74) is 2.08. The molecule has 0 aromatic heterocycles. The predicted molar refractivity (Wildman–Crippen MR) is 159 cm³/mol. The normalized spacial score (nSPS) is 11.9. The van der Waals surface area contributed by atoms with E-state index in [0.29, 0.717) is 22.9 Å². The number of benzene rings is 3. The smallest absolute Gasteiger partial charge is 0.242 e. The third kappa shape index (κ3) is 8.61.